The molecule has 0 radical (unpaired) electrons. The maximum Gasteiger partial charge on any atom is 0.0568 e. The van der Waals surface area contributed by atoms with Crippen molar-refractivity contribution in [2.45, 2.75) is 19.3 Å². The van der Waals surface area contributed by atoms with Gasteiger partial charge in [-0.1, -0.05) is 153 Å². The predicted octanol–water partition coefficient (Wildman–Crippen LogP) is 16.3. The zero-order valence-corrected chi connectivity index (χ0v) is 34.7. The Balaban J connectivity index is 1.11. The highest BCUT2D eigenvalue weighted by Gasteiger charge is 2.36. The fourth-order valence-electron chi connectivity index (χ4n) is 10.2. The summed E-state index contributed by atoms with van der Waals surface area (Å²) in [5.74, 6) is 0. The molecule has 0 fully saturated rings. The normalized spacial score (nSPS) is 12.8. The molecule has 0 atom stereocenters. The summed E-state index contributed by atoms with van der Waals surface area (Å²) in [6, 6.07) is 82.1. The minimum absolute atomic E-state index is 0.134. The molecule has 1 aliphatic carbocycles. The Morgan fingerprint density at radius 2 is 0.790 bits per heavy atom. The molecule has 10 aromatic carbocycles. The van der Waals surface area contributed by atoms with Gasteiger partial charge in [-0.3, -0.25) is 0 Å². The molecular weight excluding hydrogens is 751 g/mol. The molecule has 3 nitrogen and oxygen atoms in total. The summed E-state index contributed by atoms with van der Waals surface area (Å²) >= 11 is 0. The van der Waals surface area contributed by atoms with Gasteiger partial charge in [0.2, 0.25) is 0 Å². The van der Waals surface area contributed by atoms with E-state index in [0.29, 0.717) is 0 Å². The van der Waals surface area contributed by atoms with Crippen molar-refractivity contribution in [1.82, 2.24) is 4.57 Å². The van der Waals surface area contributed by atoms with E-state index < -0.39 is 0 Å². The number of fused-ring (bicyclic) bond motifs is 3. The molecule has 62 heavy (non-hydrogen) atoms. The first kappa shape index (κ1) is 36.0. The van der Waals surface area contributed by atoms with E-state index in [9.17, 15) is 0 Å². The lowest BCUT2D eigenvalue weighted by Crippen LogP contribution is -2.16. The SMILES string of the molecule is CC1(C)c2ccccc2-c2ccc(N(c3ccc(-c4ccccc4)cc3)c3cc4ccc5cc(N(c6ccccc6)c6ccccc6)cc6c5c4c(c3)n6-c3ccccc3)cc21. The van der Waals surface area contributed by atoms with Gasteiger partial charge in [0.25, 0.3) is 0 Å². The van der Waals surface area contributed by atoms with Crippen LogP contribution in [0.4, 0.5) is 34.1 Å². The summed E-state index contributed by atoms with van der Waals surface area (Å²) in [5.41, 5.74) is 17.8. The summed E-state index contributed by atoms with van der Waals surface area (Å²) in [7, 11) is 0. The van der Waals surface area contributed by atoms with Crippen LogP contribution in [-0.2, 0) is 5.41 Å². The minimum atomic E-state index is -0.134. The van der Waals surface area contributed by atoms with Crippen molar-refractivity contribution in [3.05, 3.63) is 236 Å². The third-order valence-electron chi connectivity index (χ3n) is 13.1. The molecule has 12 rings (SSSR count). The monoisotopic (exact) mass is 793 g/mol. The zero-order valence-electron chi connectivity index (χ0n) is 34.7. The lowest BCUT2D eigenvalue weighted by atomic mass is 9.82. The van der Waals surface area contributed by atoms with Crippen LogP contribution in [0.15, 0.2) is 224 Å². The molecule has 0 spiro atoms. The summed E-state index contributed by atoms with van der Waals surface area (Å²) in [5, 5.41) is 4.96. The molecule has 0 N–H and O–H groups in total. The van der Waals surface area contributed by atoms with Crippen LogP contribution in [0.3, 0.4) is 0 Å². The second kappa shape index (κ2) is 14.1. The van der Waals surface area contributed by atoms with Gasteiger partial charge in [-0.25, -0.2) is 0 Å². The standard InChI is InChI=1S/C59H43N3/c1-59(2)53-26-16-15-25-51(53)52-34-33-48(37-54(52)59)61(47-31-29-41(30-32-47)40-17-7-3-8-18-40)50-36-43-28-27-42-35-49(60(44-19-9-4-10-20-44)45-21-11-5-12-22-45)38-55-57(42)58(43)56(39-50)62(55)46-23-13-6-14-24-46/h3-39H,1-2H3. The van der Waals surface area contributed by atoms with E-state index in [0.717, 1.165) is 39.8 Å². The number of hydrogen-bond donors (Lipinski definition) is 0. The van der Waals surface area contributed by atoms with Crippen molar-refractivity contribution in [2.24, 2.45) is 0 Å². The van der Waals surface area contributed by atoms with Gasteiger partial charge in [0, 0.05) is 56.0 Å². The van der Waals surface area contributed by atoms with E-state index in [-0.39, 0.29) is 5.41 Å². The van der Waals surface area contributed by atoms with E-state index in [2.05, 4.69) is 253 Å². The third-order valence-corrected chi connectivity index (χ3v) is 13.1. The average molecular weight is 794 g/mol. The van der Waals surface area contributed by atoms with Gasteiger partial charge in [0.15, 0.2) is 0 Å². The Morgan fingerprint density at radius 3 is 1.39 bits per heavy atom. The van der Waals surface area contributed by atoms with Crippen molar-refractivity contribution in [3.8, 4) is 27.9 Å². The smallest absolute Gasteiger partial charge is 0.0568 e. The van der Waals surface area contributed by atoms with E-state index in [1.807, 2.05) is 0 Å². The Labute approximate surface area is 362 Å². The molecule has 11 aromatic rings. The lowest BCUT2D eigenvalue weighted by molar-refractivity contribution is 0.660. The molecule has 1 aliphatic rings. The third kappa shape index (κ3) is 5.66. The number of benzene rings is 10. The maximum absolute atomic E-state index is 2.48. The fourth-order valence-corrected chi connectivity index (χ4v) is 10.2. The molecule has 0 unspecified atom stereocenters. The Bertz CT molecular complexity index is 3370. The highest BCUT2D eigenvalue weighted by molar-refractivity contribution is 6.26. The van der Waals surface area contributed by atoms with Gasteiger partial charge in [-0.15, -0.1) is 0 Å². The maximum atomic E-state index is 2.48. The zero-order chi connectivity index (χ0) is 41.4. The van der Waals surface area contributed by atoms with Crippen LogP contribution >= 0.6 is 0 Å². The number of anilines is 6. The number of para-hydroxylation sites is 3. The van der Waals surface area contributed by atoms with Crippen LogP contribution in [0.5, 0.6) is 0 Å². The van der Waals surface area contributed by atoms with Crippen molar-refractivity contribution in [2.75, 3.05) is 9.80 Å². The predicted molar refractivity (Wildman–Crippen MR) is 262 cm³/mol. The second-order valence-corrected chi connectivity index (χ2v) is 17.0. The first-order valence-electron chi connectivity index (χ1n) is 21.5. The Hall–Kier alpha value is -7.88. The van der Waals surface area contributed by atoms with Gasteiger partial charge in [-0.05, 0) is 129 Å². The largest absolute Gasteiger partial charge is 0.310 e. The van der Waals surface area contributed by atoms with Crippen LogP contribution < -0.4 is 9.80 Å². The van der Waals surface area contributed by atoms with Gasteiger partial charge >= 0.3 is 0 Å². The molecule has 0 bridgehead atoms. The van der Waals surface area contributed by atoms with Crippen molar-refractivity contribution in [1.29, 1.82) is 0 Å². The molecular formula is C59H43N3. The Morgan fingerprint density at radius 1 is 0.339 bits per heavy atom. The first-order chi connectivity index (χ1) is 30.5. The van der Waals surface area contributed by atoms with Crippen LogP contribution in [0.25, 0.3) is 60.5 Å². The molecule has 3 heteroatoms. The average Bonchev–Trinajstić information content (AvgIpc) is 3.78. The molecule has 0 aliphatic heterocycles. The van der Waals surface area contributed by atoms with Gasteiger partial charge in [0.1, 0.15) is 0 Å². The molecule has 0 saturated heterocycles. The summed E-state index contributed by atoms with van der Waals surface area (Å²) < 4.78 is 2.48. The van der Waals surface area contributed by atoms with Crippen molar-refractivity contribution < 1.29 is 0 Å². The molecule has 0 saturated carbocycles. The van der Waals surface area contributed by atoms with E-state index in [1.54, 1.807) is 0 Å². The minimum Gasteiger partial charge on any atom is -0.310 e. The van der Waals surface area contributed by atoms with Gasteiger partial charge in [-0.2, -0.15) is 0 Å². The van der Waals surface area contributed by atoms with E-state index in [1.165, 1.54) is 66.0 Å². The number of aromatic nitrogens is 1. The molecule has 294 valence electrons. The van der Waals surface area contributed by atoms with E-state index in [4.69, 9.17) is 0 Å². The molecule has 0 amide bonds. The summed E-state index contributed by atoms with van der Waals surface area (Å²) in [4.78, 5) is 4.82. The highest BCUT2D eigenvalue weighted by Crippen LogP contribution is 2.52. The first-order valence-corrected chi connectivity index (χ1v) is 21.5. The highest BCUT2D eigenvalue weighted by atomic mass is 15.2. The summed E-state index contributed by atoms with van der Waals surface area (Å²) in [6.45, 7) is 4.73. The number of hydrogen-bond acceptors (Lipinski definition) is 2. The van der Waals surface area contributed by atoms with Crippen LogP contribution in [0, 0.1) is 0 Å². The fraction of sp³-hybridized carbons (Fsp3) is 0.0508. The number of nitrogens with zero attached hydrogens (tertiary/aromatic N) is 3. The van der Waals surface area contributed by atoms with Crippen LogP contribution in [0.1, 0.15) is 25.0 Å². The van der Waals surface area contributed by atoms with Crippen molar-refractivity contribution >= 4 is 66.7 Å². The van der Waals surface area contributed by atoms with E-state index >= 15 is 0 Å². The quantitative estimate of drug-likeness (QED) is 0.142. The molecule has 1 aromatic heterocycles. The Kier molecular flexibility index (Phi) is 8.20. The molecule has 1 heterocycles. The second-order valence-electron chi connectivity index (χ2n) is 17.0. The van der Waals surface area contributed by atoms with Crippen molar-refractivity contribution in [3.63, 3.8) is 0 Å². The number of rotatable bonds is 8. The van der Waals surface area contributed by atoms with Gasteiger partial charge in [0.05, 0.1) is 11.0 Å². The van der Waals surface area contributed by atoms with Crippen LogP contribution in [-0.4, -0.2) is 4.57 Å². The topological polar surface area (TPSA) is 11.4 Å². The van der Waals surface area contributed by atoms with Gasteiger partial charge < -0.3 is 14.4 Å². The van der Waals surface area contributed by atoms with Crippen LogP contribution in [0.2, 0.25) is 0 Å². The lowest BCUT2D eigenvalue weighted by Gasteiger charge is -2.28. The summed E-state index contributed by atoms with van der Waals surface area (Å²) in [6.07, 6.45) is 0.